The minimum absolute atomic E-state index is 0.111. The van der Waals surface area contributed by atoms with Crippen LogP contribution in [0.2, 0.25) is 0 Å². The van der Waals surface area contributed by atoms with Gasteiger partial charge in [0.2, 0.25) is 0 Å². The maximum atomic E-state index is 15.1. The lowest BCUT2D eigenvalue weighted by Crippen LogP contribution is -2.19. The molecule has 34 heavy (non-hydrogen) atoms. The van der Waals surface area contributed by atoms with Crippen LogP contribution in [0.3, 0.4) is 0 Å². The van der Waals surface area contributed by atoms with Gasteiger partial charge in [0, 0.05) is 31.0 Å². The number of hydrogen-bond acceptors (Lipinski definition) is 6. The van der Waals surface area contributed by atoms with E-state index in [9.17, 15) is 13.5 Å². The highest BCUT2D eigenvalue weighted by molar-refractivity contribution is 7.92. The molecule has 2 aromatic heterocycles. The van der Waals surface area contributed by atoms with Crippen molar-refractivity contribution in [3.8, 4) is 10.7 Å². The Kier molecular flexibility index (Phi) is 6.63. The summed E-state index contributed by atoms with van der Waals surface area (Å²) in [5, 5.41) is 10.1. The number of benzene rings is 1. The van der Waals surface area contributed by atoms with Crippen molar-refractivity contribution in [2.75, 3.05) is 13.2 Å². The predicted octanol–water partition coefficient (Wildman–Crippen LogP) is 5.22. The number of aliphatic hydroxyl groups excluding tert-OH is 1. The van der Waals surface area contributed by atoms with Gasteiger partial charge < -0.3 is 14.8 Å². The average Bonchev–Trinajstić information content (AvgIpc) is 3.47. The number of aliphatic hydroxyl groups is 1. The molecule has 0 bridgehead atoms. The highest BCUT2D eigenvalue weighted by Gasteiger charge is 2.37. The molecule has 1 saturated carbocycles. The molecule has 1 aliphatic heterocycles. The zero-order valence-corrected chi connectivity index (χ0v) is 20.7. The van der Waals surface area contributed by atoms with Crippen LogP contribution in [-0.2, 0) is 14.6 Å². The molecule has 1 aromatic carbocycles. The summed E-state index contributed by atoms with van der Waals surface area (Å²) in [5.41, 5.74) is 2.01. The van der Waals surface area contributed by atoms with Gasteiger partial charge in [-0.05, 0) is 68.7 Å². The summed E-state index contributed by atoms with van der Waals surface area (Å²) in [6, 6.07) is 8.64. The number of nitrogens with zero attached hydrogens (tertiary/aromatic N) is 1. The van der Waals surface area contributed by atoms with Crippen LogP contribution in [0.15, 0.2) is 41.4 Å². The van der Waals surface area contributed by atoms with Crippen LogP contribution < -0.4 is 0 Å². The van der Waals surface area contributed by atoms with E-state index in [4.69, 9.17) is 4.74 Å². The van der Waals surface area contributed by atoms with Crippen molar-refractivity contribution in [2.24, 2.45) is 5.92 Å². The third-order valence-electron chi connectivity index (χ3n) is 6.80. The van der Waals surface area contributed by atoms with Gasteiger partial charge in [-0.1, -0.05) is 12.1 Å². The van der Waals surface area contributed by atoms with Crippen LogP contribution >= 0.6 is 11.3 Å². The van der Waals surface area contributed by atoms with Gasteiger partial charge in [-0.3, -0.25) is 0 Å². The second-order valence-corrected chi connectivity index (χ2v) is 12.6. The fraction of sp³-hybridized carbons (Fsp3) is 0.480. The number of aromatic amines is 1. The molecular formula is C25H29FN2O4S2. The molecule has 1 saturated heterocycles. The molecule has 3 aromatic rings. The van der Waals surface area contributed by atoms with E-state index in [-0.39, 0.29) is 17.0 Å². The maximum Gasteiger partial charge on any atom is 0.181 e. The first kappa shape index (κ1) is 23.7. The van der Waals surface area contributed by atoms with E-state index >= 15 is 4.39 Å². The minimum atomic E-state index is -3.26. The second kappa shape index (κ2) is 9.53. The maximum absolute atomic E-state index is 15.1. The van der Waals surface area contributed by atoms with Crippen LogP contribution in [0.1, 0.15) is 67.2 Å². The first-order valence-electron chi connectivity index (χ1n) is 11.8. The van der Waals surface area contributed by atoms with Crippen LogP contribution in [-0.4, -0.2) is 42.0 Å². The number of rotatable bonds is 8. The van der Waals surface area contributed by atoms with E-state index in [0.29, 0.717) is 26.4 Å². The average molecular weight is 505 g/mol. The lowest BCUT2D eigenvalue weighted by atomic mass is 9.83. The van der Waals surface area contributed by atoms with Gasteiger partial charge in [0.1, 0.15) is 10.7 Å². The zero-order chi connectivity index (χ0) is 23.9. The molecule has 2 aliphatic rings. The van der Waals surface area contributed by atoms with Gasteiger partial charge in [-0.15, -0.1) is 11.3 Å². The fourth-order valence-electron chi connectivity index (χ4n) is 4.61. The van der Waals surface area contributed by atoms with Gasteiger partial charge in [0.25, 0.3) is 0 Å². The van der Waals surface area contributed by atoms with Crippen molar-refractivity contribution >= 4 is 21.2 Å². The van der Waals surface area contributed by atoms with E-state index in [0.717, 1.165) is 56.6 Å². The third-order valence-corrected chi connectivity index (χ3v) is 10.3. The monoisotopic (exact) mass is 504 g/mol. The smallest absolute Gasteiger partial charge is 0.181 e. The van der Waals surface area contributed by atoms with Crippen LogP contribution in [0.5, 0.6) is 0 Å². The Morgan fingerprint density at radius 3 is 2.53 bits per heavy atom. The number of halogens is 1. The number of aromatic nitrogens is 2. The van der Waals surface area contributed by atoms with Gasteiger partial charge in [0.05, 0.1) is 21.1 Å². The Bertz CT molecular complexity index is 1240. The normalized spacial score (nSPS) is 19.3. The lowest BCUT2D eigenvalue weighted by molar-refractivity contribution is 0.0626. The molecule has 0 amide bonds. The van der Waals surface area contributed by atoms with Crippen molar-refractivity contribution < 1.29 is 22.7 Å². The molecule has 182 valence electrons. The Morgan fingerprint density at radius 2 is 1.91 bits per heavy atom. The molecule has 2 atom stereocenters. The highest BCUT2D eigenvalue weighted by atomic mass is 32.2. The summed E-state index contributed by atoms with van der Waals surface area (Å²) in [6.07, 6.45) is 5.09. The first-order chi connectivity index (χ1) is 16.3. The molecule has 3 heterocycles. The molecule has 1 aliphatic carbocycles. The Morgan fingerprint density at radius 1 is 1.21 bits per heavy atom. The van der Waals surface area contributed by atoms with Crippen molar-refractivity contribution in [1.82, 2.24) is 9.97 Å². The minimum Gasteiger partial charge on any atom is -0.388 e. The standard InChI is InChI=1S/C25H29FN2O4S2/c1-15(29)23-14-27-25(33-23)24-21(26)13-22(28-24)20(12-16-8-10-32-11-9-16)17-2-4-18(5-3-17)34(30,31)19-6-7-19/h2-5,13-16,19-20,28-29H,6-12H2,1H3. The summed E-state index contributed by atoms with van der Waals surface area (Å²) < 4.78 is 45.8. The Hall–Kier alpha value is -2.07. The fourth-order valence-corrected chi connectivity index (χ4v) is 7.12. The van der Waals surface area contributed by atoms with Gasteiger partial charge in [-0.25, -0.2) is 17.8 Å². The molecule has 0 spiro atoms. The molecule has 5 rings (SSSR count). The summed E-state index contributed by atoms with van der Waals surface area (Å²) in [6.45, 7) is 3.11. The molecule has 2 N–H and O–H groups in total. The van der Waals surface area contributed by atoms with E-state index < -0.39 is 15.9 Å². The van der Waals surface area contributed by atoms with Crippen LogP contribution in [0.25, 0.3) is 10.7 Å². The highest BCUT2D eigenvalue weighted by Crippen LogP contribution is 2.39. The van der Waals surface area contributed by atoms with Crippen LogP contribution in [0, 0.1) is 11.7 Å². The molecule has 2 fully saturated rings. The predicted molar refractivity (Wildman–Crippen MR) is 129 cm³/mol. The first-order valence-corrected chi connectivity index (χ1v) is 14.1. The third kappa shape index (κ3) is 4.84. The number of hydrogen-bond donors (Lipinski definition) is 2. The van der Waals surface area contributed by atoms with Crippen molar-refractivity contribution in [3.63, 3.8) is 0 Å². The van der Waals surface area contributed by atoms with E-state index in [2.05, 4.69) is 9.97 Å². The molecule has 6 nitrogen and oxygen atoms in total. The summed E-state index contributed by atoms with van der Waals surface area (Å²) in [5.74, 6) is -0.0585. The SMILES string of the molecule is CC(O)c1cnc(-c2[nH]c(C(CC3CCOCC3)c3ccc(S(=O)(=O)C4CC4)cc3)cc2F)s1. The quantitative estimate of drug-likeness (QED) is 0.439. The topological polar surface area (TPSA) is 92.3 Å². The molecule has 2 unspecified atom stereocenters. The number of thiazole rings is 1. The largest absolute Gasteiger partial charge is 0.388 e. The van der Waals surface area contributed by atoms with E-state index in [1.807, 2.05) is 12.1 Å². The molecule has 9 heteroatoms. The van der Waals surface area contributed by atoms with Gasteiger partial charge >= 0.3 is 0 Å². The summed E-state index contributed by atoms with van der Waals surface area (Å²) >= 11 is 1.26. The number of ether oxygens (including phenoxy) is 1. The number of sulfone groups is 1. The number of nitrogens with one attached hydrogen (secondary N) is 1. The molecule has 0 radical (unpaired) electrons. The summed E-state index contributed by atoms with van der Waals surface area (Å²) in [4.78, 5) is 8.58. The summed E-state index contributed by atoms with van der Waals surface area (Å²) in [7, 11) is -3.26. The van der Waals surface area contributed by atoms with E-state index in [1.165, 1.54) is 17.4 Å². The lowest BCUT2D eigenvalue weighted by Gasteiger charge is -2.26. The van der Waals surface area contributed by atoms with Crippen molar-refractivity contribution in [3.05, 3.63) is 58.5 Å². The number of H-pyrrole nitrogens is 1. The Labute approximate surface area is 203 Å². The van der Waals surface area contributed by atoms with E-state index in [1.54, 1.807) is 25.3 Å². The second-order valence-electron chi connectivity index (χ2n) is 9.35. The van der Waals surface area contributed by atoms with Crippen LogP contribution in [0.4, 0.5) is 4.39 Å². The van der Waals surface area contributed by atoms with Crippen molar-refractivity contribution in [2.45, 2.75) is 61.2 Å². The molecular weight excluding hydrogens is 475 g/mol. The van der Waals surface area contributed by atoms with Gasteiger partial charge in [-0.2, -0.15) is 0 Å². The zero-order valence-electron chi connectivity index (χ0n) is 19.0. The van der Waals surface area contributed by atoms with Gasteiger partial charge in [0.15, 0.2) is 15.7 Å². The Balaban J connectivity index is 1.47. The van der Waals surface area contributed by atoms with Crippen molar-refractivity contribution in [1.29, 1.82) is 0 Å².